The van der Waals surface area contributed by atoms with Crippen molar-refractivity contribution in [3.63, 3.8) is 0 Å². The first-order valence-electron chi connectivity index (χ1n) is 9.12. The van der Waals surface area contributed by atoms with Crippen LogP contribution in [0.4, 0.5) is 0 Å². The summed E-state index contributed by atoms with van der Waals surface area (Å²) >= 11 is 0. The second-order valence-corrected chi connectivity index (χ2v) is 6.24. The molecular formula is C21H31N3O. The predicted octanol–water partition coefficient (Wildman–Crippen LogP) is 2.67. The number of benzene rings is 1. The summed E-state index contributed by atoms with van der Waals surface area (Å²) in [7, 11) is 0. The number of ether oxygens (including phenoxy) is 1. The van der Waals surface area contributed by atoms with Crippen molar-refractivity contribution in [3.8, 4) is 0 Å². The van der Waals surface area contributed by atoms with E-state index >= 15 is 0 Å². The highest BCUT2D eigenvalue weighted by atomic mass is 16.5. The molecule has 1 heterocycles. The van der Waals surface area contributed by atoms with E-state index in [0.29, 0.717) is 0 Å². The highest BCUT2D eigenvalue weighted by molar-refractivity contribution is 5.29. The highest BCUT2D eigenvalue weighted by Crippen LogP contribution is 2.24. The van der Waals surface area contributed by atoms with Gasteiger partial charge in [-0.15, -0.1) is 0 Å². The van der Waals surface area contributed by atoms with Crippen LogP contribution in [-0.4, -0.2) is 50.8 Å². The maximum absolute atomic E-state index is 6.35. The van der Waals surface area contributed by atoms with E-state index < -0.39 is 0 Å². The molecule has 1 aliphatic rings. The fourth-order valence-corrected chi connectivity index (χ4v) is 3.01. The lowest BCUT2D eigenvalue weighted by Crippen LogP contribution is -2.40. The number of hydrogen-bond donors (Lipinski definition) is 2. The van der Waals surface area contributed by atoms with E-state index in [1.165, 1.54) is 5.56 Å². The van der Waals surface area contributed by atoms with E-state index in [4.69, 9.17) is 10.5 Å². The lowest BCUT2D eigenvalue weighted by Gasteiger charge is -2.26. The maximum atomic E-state index is 6.35. The van der Waals surface area contributed by atoms with Crippen molar-refractivity contribution in [2.45, 2.75) is 12.3 Å². The Labute approximate surface area is 152 Å². The van der Waals surface area contributed by atoms with Crippen LogP contribution in [0.25, 0.3) is 0 Å². The van der Waals surface area contributed by atoms with Crippen LogP contribution >= 0.6 is 0 Å². The molecule has 0 amide bonds. The zero-order chi connectivity index (χ0) is 17.7. The number of nitrogens with two attached hydrogens (primary N) is 1. The molecule has 0 radical (unpaired) electrons. The Bertz CT molecular complexity index is 548. The molecule has 0 spiro atoms. The lowest BCUT2D eigenvalue weighted by molar-refractivity contribution is 0.0384. The van der Waals surface area contributed by atoms with Crippen LogP contribution < -0.4 is 11.1 Å². The third kappa shape index (κ3) is 7.26. The van der Waals surface area contributed by atoms with Gasteiger partial charge in [0, 0.05) is 37.8 Å². The van der Waals surface area contributed by atoms with Crippen LogP contribution in [-0.2, 0) is 4.74 Å². The molecule has 0 aromatic heterocycles. The van der Waals surface area contributed by atoms with Crippen molar-refractivity contribution in [1.82, 2.24) is 10.2 Å². The average molecular weight is 341 g/mol. The van der Waals surface area contributed by atoms with Crippen molar-refractivity contribution < 1.29 is 4.74 Å². The number of hydrogen-bond acceptors (Lipinski definition) is 4. The normalized spacial score (nSPS) is 17.7. The summed E-state index contributed by atoms with van der Waals surface area (Å²) in [6.07, 6.45) is 8.57. The van der Waals surface area contributed by atoms with Gasteiger partial charge in [-0.2, -0.15) is 0 Å². The molecule has 136 valence electrons. The van der Waals surface area contributed by atoms with Crippen LogP contribution in [0.1, 0.15) is 17.9 Å². The smallest absolute Gasteiger partial charge is 0.0594 e. The van der Waals surface area contributed by atoms with E-state index in [1.54, 1.807) is 6.08 Å². The van der Waals surface area contributed by atoms with Crippen molar-refractivity contribution >= 4 is 0 Å². The van der Waals surface area contributed by atoms with Gasteiger partial charge in [0.05, 0.1) is 13.2 Å². The molecule has 1 unspecified atom stereocenters. The van der Waals surface area contributed by atoms with Crippen LogP contribution in [0, 0.1) is 0 Å². The topological polar surface area (TPSA) is 50.5 Å². The number of nitrogens with zero attached hydrogens (tertiary/aromatic N) is 1. The van der Waals surface area contributed by atoms with Gasteiger partial charge in [0.25, 0.3) is 0 Å². The molecule has 1 atom stereocenters. The summed E-state index contributed by atoms with van der Waals surface area (Å²) in [4.78, 5) is 2.44. The summed E-state index contributed by atoms with van der Waals surface area (Å²) in [5.74, 6) is 0.228. The molecule has 1 saturated heterocycles. The quantitative estimate of drug-likeness (QED) is 0.507. The second kappa shape index (κ2) is 11.6. The predicted molar refractivity (Wildman–Crippen MR) is 106 cm³/mol. The first-order chi connectivity index (χ1) is 12.3. The zero-order valence-electron chi connectivity index (χ0n) is 15.1. The summed E-state index contributed by atoms with van der Waals surface area (Å²) in [5.41, 5.74) is 8.50. The number of rotatable bonds is 10. The van der Waals surface area contributed by atoms with Gasteiger partial charge in [-0.3, -0.25) is 4.90 Å². The minimum Gasteiger partial charge on any atom is -0.402 e. The van der Waals surface area contributed by atoms with Crippen molar-refractivity contribution in [1.29, 1.82) is 0 Å². The van der Waals surface area contributed by atoms with Gasteiger partial charge >= 0.3 is 0 Å². The molecule has 25 heavy (non-hydrogen) atoms. The highest BCUT2D eigenvalue weighted by Gasteiger charge is 2.14. The third-order valence-corrected chi connectivity index (χ3v) is 4.46. The number of morpholine rings is 1. The van der Waals surface area contributed by atoms with Gasteiger partial charge in [-0.25, -0.2) is 0 Å². The monoisotopic (exact) mass is 341 g/mol. The Morgan fingerprint density at radius 2 is 1.96 bits per heavy atom. The summed E-state index contributed by atoms with van der Waals surface area (Å²) in [6, 6.07) is 10.5. The number of allylic oxidation sites excluding steroid dienone is 5. The molecule has 0 aliphatic carbocycles. The summed E-state index contributed by atoms with van der Waals surface area (Å²) in [5, 5.41) is 3.56. The molecule has 2 rings (SSSR count). The molecule has 1 aliphatic heterocycles. The molecule has 3 N–H and O–H groups in total. The minimum atomic E-state index is 0.228. The van der Waals surface area contributed by atoms with Gasteiger partial charge < -0.3 is 15.8 Å². The lowest BCUT2D eigenvalue weighted by atomic mass is 9.92. The average Bonchev–Trinajstić information content (AvgIpc) is 2.66. The molecule has 1 fully saturated rings. The second-order valence-electron chi connectivity index (χ2n) is 6.24. The summed E-state index contributed by atoms with van der Waals surface area (Å²) < 4.78 is 5.38. The van der Waals surface area contributed by atoms with Crippen LogP contribution in [0.5, 0.6) is 0 Å². The van der Waals surface area contributed by atoms with Crippen molar-refractivity contribution in [2.75, 3.05) is 45.9 Å². The fourth-order valence-electron chi connectivity index (χ4n) is 3.01. The fraction of sp³-hybridized carbons (Fsp3) is 0.429. The van der Waals surface area contributed by atoms with Gasteiger partial charge in [-0.1, -0.05) is 55.1 Å². The van der Waals surface area contributed by atoms with E-state index in [9.17, 15) is 0 Å². The van der Waals surface area contributed by atoms with E-state index in [2.05, 4.69) is 41.1 Å². The van der Waals surface area contributed by atoms with Crippen LogP contribution in [0.15, 0.2) is 66.9 Å². The Morgan fingerprint density at radius 1 is 1.20 bits per heavy atom. The van der Waals surface area contributed by atoms with E-state index in [0.717, 1.165) is 58.1 Å². The Morgan fingerprint density at radius 3 is 2.68 bits per heavy atom. The minimum absolute atomic E-state index is 0.228. The third-order valence-electron chi connectivity index (χ3n) is 4.46. The maximum Gasteiger partial charge on any atom is 0.0594 e. The largest absolute Gasteiger partial charge is 0.402 e. The molecule has 1 aromatic carbocycles. The molecular weight excluding hydrogens is 310 g/mol. The zero-order valence-corrected chi connectivity index (χ0v) is 15.1. The van der Waals surface area contributed by atoms with E-state index in [-0.39, 0.29) is 5.92 Å². The van der Waals surface area contributed by atoms with Crippen molar-refractivity contribution in [3.05, 3.63) is 72.5 Å². The molecule has 0 saturated carbocycles. The van der Waals surface area contributed by atoms with Crippen molar-refractivity contribution in [2.24, 2.45) is 5.73 Å². The first-order valence-corrected chi connectivity index (χ1v) is 9.12. The SMILES string of the molecule is C=C/C=C\C=C(/N)C(CCNCCN1CCOCC1)c1ccccc1. The first kappa shape index (κ1) is 19.4. The molecule has 4 nitrogen and oxygen atoms in total. The van der Waals surface area contributed by atoms with Crippen LogP contribution in [0.3, 0.4) is 0 Å². The van der Waals surface area contributed by atoms with Gasteiger partial charge in [0.2, 0.25) is 0 Å². The van der Waals surface area contributed by atoms with Gasteiger partial charge in [0.15, 0.2) is 0 Å². The Kier molecular flexibility index (Phi) is 9.05. The molecule has 1 aromatic rings. The molecule has 0 bridgehead atoms. The van der Waals surface area contributed by atoms with E-state index in [1.807, 2.05) is 24.3 Å². The molecule has 4 heteroatoms. The summed E-state index contributed by atoms with van der Waals surface area (Å²) in [6.45, 7) is 10.5. The Balaban J connectivity index is 1.82. The Hall–Kier alpha value is -1.88. The van der Waals surface area contributed by atoms with Gasteiger partial charge in [-0.05, 0) is 24.6 Å². The standard InChI is InChI=1S/C21H31N3O/c1-2-3-5-10-21(22)20(19-8-6-4-7-9-19)11-12-23-13-14-24-15-17-25-18-16-24/h2-10,20,23H,1,11-18,22H2/b5-3-,21-10-. The van der Waals surface area contributed by atoms with Gasteiger partial charge in [0.1, 0.15) is 0 Å². The van der Waals surface area contributed by atoms with Crippen LogP contribution in [0.2, 0.25) is 0 Å². The number of nitrogens with one attached hydrogen (secondary N) is 1.